The Morgan fingerprint density at radius 1 is 1.41 bits per heavy atom. The Hall–Kier alpha value is -1.28. The summed E-state index contributed by atoms with van der Waals surface area (Å²) in [6.45, 7) is 10.6. The molecule has 0 aliphatic heterocycles. The van der Waals surface area contributed by atoms with E-state index in [0.717, 1.165) is 5.56 Å². The van der Waals surface area contributed by atoms with E-state index in [2.05, 4.69) is 38.7 Å². The van der Waals surface area contributed by atoms with Crippen molar-refractivity contribution >= 4 is 0 Å². The number of nitrogens with one attached hydrogen (secondary N) is 1. The standard InChI is InChI=1S/C20H29NO/c1-6-12(2)14-11-13(3)16-15-9-7-8-10-20(15,4)19(21-5)17(16)18(14)22/h6,11-12,15,19,21-22H,1,7-10H2,2-5H3. The molecule has 120 valence electrons. The van der Waals surface area contributed by atoms with Gasteiger partial charge >= 0.3 is 0 Å². The summed E-state index contributed by atoms with van der Waals surface area (Å²) in [4.78, 5) is 0. The fraction of sp³-hybridized carbons (Fsp3) is 0.600. The molecule has 0 saturated heterocycles. The zero-order valence-electron chi connectivity index (χ0n) is 14.4. The molecule has 1 saturated carbocycles. The molecule has 4 atom stereocenters. The molecule has 2 heteroatoms. The van der Waals surface area contributed by atoms with Crippen molar-refractivity contribution in [3.05, 3.63) is 41.0 Å². The first-order chi connectivity index (χ1) is 10.5. The van der Waals surface area contributed by atoms with E-state index in [1.54, 1.807) is 0 Å². The minimum atomic E-state index is 0.178. The molecule has 2 aliphatic carbocycles. The Labute approximate surface area is 134 Å². The van der Waals surface area contributed by atoms with Crippen LogP contribution in [0.15, 0.2) is 18.7 Å². The molecule has 1 aromatic rings. The Morgan fingerprint density at radius 3 is 2.77 bits per heavy atom. The van der Waals surface area contributed by atoms with Gasteiger partial charge in [0.05, 0.1) is 0 Å². The second-order valence-electron chi connectivity index (χ2n) is 7.51. The first kappa shape index (κ1) is 15.6. The quantitative estimate of drug-likeness (QED) is 0.776. The van der Waals surface area contributed by atoms with E-state index in [1.165, 1.54) is 42.4 Å². The van der Waals surface area contributed by atoms with Gasteiger partial charge in [-0.25, -0.2) is 0 Å². The Morgan fingerprint density at radius 2 is 2.14 bits per heavy atom. The van der Waals surface area contributed by atoms with Crippen LogP contribution in [0.25, 0.3) is 0 Å². The van der Waals surface area contributed by atoms with Crippen molar-refractivity contribution in [2.75, 3.05) is 7.05 Å². The van der Waals surface area contributed by atoms with E-state index < -0.39 is 0 Å². The maximum Gasteiger partial charge on any atom is 0.124 e. The molecule has 0 bridgehead atoms. The lowest BCUT2D eigenvalue weighted by atomic mass is 9.66. The van der Waals surface area contributed by atoms with E-state index >= 15 is 0 Å². The van der Waals surface area contributed by atoms with Crippen LogP contribution < -0.4 is 5.32 Å². The van der Waals surface area contributed by atoms with Crippen molar-refractivity contribution in [1.29, 1.82) is 0 Å². The van der Waals surface area contributed by atoms with Crippen LogP contribution in [0.5, 0.6) is 5.75 Å². The van der Waals surface area contributed by atoms with E-state index in [4.69, 9.17) is 0 Å². The highest BCUT2D eigenvalue weighted by Gasteiger charge is 2.52. The lowest BCUT2D eigenvalue weighted by molar-refractivity contribution is 0.140. The molecule has 2 N–H and O–H groups in total. The molecule has 0 radical (unpaired) electrons. The average molecular weight is 299 g/mol. The van der Waals surface area contributed by atoms with Gasteiger partial charge in [0.1, 0.15) is 5.75 Å². The molecule has 3 rings (SSSR count). The van der Waals surface area contributed by atoms with Gasteiger partial charge in [0.2, 0.25) is 0 Å². The number of phenols is 1. The summed E-state index contributed by atoms with van der Waals surface area (Å²) in [5, 5.41) is 14.5. The van der Waals surface area contributed by atoms with Gasteiger partial charge in [0, 0.05) is 23.1 Å². The lowest BCUT2D eigenvalue weighted by Gasteiger charge is -2.41. The maximum atomic E-state index is 11.0. The van der Waals surface area contributed by atoms with Crippen LogP contribution >= 0.6 is 0 Å². The molecule has 0 aromatic heterocycles. The van der Waals surface area contributed by atoms with E-state index in [0.29, 0.717) is 11.7 Å². The van der Waals surface area contributed by atoms with Gasteiger partial charge in [-0.15, -0.1) is 6.58 Å². The molecule has 0 heterocycles. The smallest absolute Gasteiger partial charge is 0.124 e. The summed E-state index contributed by atoms with van der Waals surface area (Å²) in [6, 6.07) is 2.44. The number of aromatic hydroxyl groups is 1. The van der Waals surface area contributed by atoms with Gasteiger partial charge in [-0.2, -0.15) is 0 Å². The first-order valence-electron chi connectivity index (χ1n) is 8.61. The molecule has 4 unspecified atom stereocenters. The maximum absolute atomic E-state index is 11.0. The van der Waals surface area contributed by atoms with Crippen LogP contribution in [-0.4, -0.2) is 12.2 Å². The largest absolute Gasteiger partial charge is 0.507 e. The second-order valence-corrected chi connectivity index (χ2v) is 7.51. The molecular weight excluding hydrogens is 270 g/mol. The van der Waals surface area contributed by atoms with Crippen LogP contribution in [0.3, 0.4) is 0 Å². The normalized spacial score (nSPS) is 31.5. The predicted molar refractivity (Wildman–Crippen MR) is 92.6 cm³/mol. The van der Waals surface area contributed by atoms with Gasteiger partial charge in [-0.1, -0.05) is 38.8 Å². The molecule has 0 amide bonds. The summed E-state index contributed by atoms with van der Waals surface area (Å²) in [7, 11) is 2.04. The average Bonchev–Trinajstić information content (AvgIpc) is 2.79. The van der Waals surface area contributed by atoms with Crippen molar-refractivity contribution in [2.24, 2.45) is 5.41 Å². The van der Waals surface area contributed by atoms with E-state index in [1.807, 2.05) is 13.1 Å². The molecule has 2 aliphatic rings. The highest BCUT2D eigenvalue weighted by atomic mass is 16.3. The number of aryl methyl sites for hydroxylation is 1. The first-order valence-corrected chi connectivity index (χ1v) is 8.61. The van der Waals surface area contributed by atoms with Crippen molar-refractivity contribution in [3.63, 3.8) is 0 Å². The summed E-state index contributed by atoms with van der Waals surface area (Å²) >= 11 is 0. The van der Waals surface area contributed by atoms with Gasteiger partial charge in [0.15, 0.2) is 0 Å². The molecule has 2 nitrogen and oxygen atoms in total. The summed E-state index contributed by atoms with van der Waals surface area (Å²) in [6.07, 6.45) is 7.01. The van der Waals surface area contributed by atoms with E-state index in [-0.39, 0.29) is 17.4 Å². The molecule has 1 aromatic carbocycles. The zero-order chi connectivity index (χ0) is 16.1. The van der Waals surface area contributed by atoms with Gasteiger partial charge < -0.3 is 10.4 Å². The summed E-state index contributed by atoms with van der Waals surface area (Å²) in [5.74, 6) is 1.26. The molecule has 22 heavy (non-hydrogen) atoms. The fourth-order valence-electron chi connectivity index (χ4n) is 5.09. The third kappa shape index (κ3) is 1.96. The van der Waals surface area contributed by atoms with Crippen LogP contribution in [0, 0.1) is 12.3 Å². The SMILES string of the molecule is C=CC(C)c1cc(C)c2c(c1O)C(NC)C1(C)CCCCC21. The minimum absolute atomic E-state index is 0.178. The fourth-order valence-corrected chi connectivity index (χ4v) is 5.09. The van der Waals surface area contributed by atoms with Crippen LogP contribution in [0.1, 0.15) is 79.7 Å². The van der Waals surface area contributed by atoms with Gasteiger partial charge in [0.25, 0.3) is 0 Å². The van der Waals surface area contributed by atoms with Gasteiger partial charge in [-0.3, -0.25) is 0 Å². The monoisotopic (exact) mass is 299 g/mol. The topological polar surface area (TPSA) is 32.3 Å². The minimum Gasteiger partial charge on any atom is -0.507 e. The third-order valence-electron chi connectivity index (χ3n) is 6.30. The zero-order valence-corrected chi connectivity index (χ0v) is 14.4. The van der Waals surface area contributed by atoms with Crippen LogP contribution in [0.4, 0.5) is 0 Å². The number of allylic oxidation sites excluding steroid dienone is 1. The number of phenolic OH excluding ortho intramolecular Hbond substituents is 1. The van der Waals surface area contributed by atoms with Crippen molar-refractivity contribution in [3.8, 4) is 5.75 Å². The molecule has 1 fully saturated rings. The Kier molecular flexibility index (Phi) is 3.84. The highest BCUT2D eigenvalue weighted by molar-refractivity contribution is 5.58. The van der Waals surface area contributed by atoms with Crippen LogP contribution in [0.2, 0.25) is 0 Å². The second kappa shape index (κ2) is 5.42. The van der Waals surface area contributed by atoms with Crippen LogP contribution in [-0.2, 0) is 0 Å². The van der Waals surface area contributed by atoms with Gasteiger partial charge in [-0.05, 0) is 49.3 Å². The summed E-state index contributed by atoms with van der Waals surface area (Å²) in [5.41, 5.74) is 5.17. The highest BCUT2D eigenvalue weighted by Crippen LogP contribution is 2.63. The molecular formula is C20H29NO. The Balaban J connectivity index is 2.25. The third-order valence-corrected chi connectivity index (χ3v) is 6.30. The molecule has 0 spiro atoms. The number of fused-ring (bicyclic) bond motifs is 3. The number of benzene rings is 1. The number of hydrogen-bond acceptors (Lipinski definition) is 2. The van der Waals surface area contributed by atoms with Crippen molar-refractivity contribution in [2.45, 2.75) is 64.3 Å². The number of rotatable bonds is 3. The number of hydrogen-bond donors (Lipinski definition) is 2. The summed E-state index contributed by atoms with van der Waals surface area (Å²) < 4.78 is 0. The lowest BCUT2D eigenvalue weighted by Crippen LogP contribution is -2.35. The predicted octanol–water partition coefficient (Wildman–Crippen LogP) is 4.93. The van der Waals surface area contributed by atoms with E-state index in [9.17, 15) is 5.11 Å². The van der Waals surface area contributed by atoms with Crippen molar-refractivity contribution < 1.29 is 5.11 Å². The Bertz CT molecular complexity index is 606. The van der Waals surface area contributed by atoms with Crippen molar-refractivity contribution in [1.82, 2.24) is 5.32 Å².